The molecule has 1 saturated heterocycles. The Morgan fingerprint density at radius 2 is 1.70 bits per heavy atom. The predicted octanol–water partition coefficient (Wildman–Crippen LogP) is 2.83. The van der Waals surface area contributed by atoms with Crippen LogP contribution in [0.2, 0.25) is 0 Å². The van der Waals surface area contributed by atoms with Crippen molar-refractivity contribution in [3.63, 3.8) is 0 Å². The summed E-state index contributed by atoms with van der Waals surface area (Å²) < 4.78 is 13.3. The summed E-state index contributed by atoms with van der Waals surface area (Å²) in [5.74, 6) is -0.404. The molecule has 5 nitrogen and oxygen atoms in total. The number of hydrogen-bond donors (Lipinski definition) is 1. The summed E-state index contributed by atoms with van der Waals surface area (Å²) >= 11 is 0. The van der Waals surface area contributed by atoms with E-state index < -0.39 is 0 Å². The molecular weight excluding hydrogens is 345 g/mol. The van der Waals surface area contributed by atoms with Crippen molar-refractivity contribution in [1.82, 2.24) is 14.8 Å². The number of aromatic nitrogens is 1. The van der Waals surface area contributed by atoms with Crippen molar-refractivity contribution in [1.29, 1.82) is 0 Å². The first-order valence-electron chi connectivity index (χ1n) is 8.99. The van der Waals surface area contributed by atoms with Gasteiger partial charge in [0.15, 0.2) is 0 Å². The van der Waals surface area contributed by atoms with Crippen molar-refractivity contribution in [2.45, 2.75) is 6.42 Å². The fourth-order valence-corrected chi connectivity index (χ4v) is 3.51. The van der Waals surface area contributed by atoms with Gasteiger partial charge < -0.3 is 14.8 Å². The molecule has 0 radical (unpaired) electrons. The lowest BCUT2D eigenvalue weighted by atomic mass is 10.1. The van der Waals surface area contributed by atoms with Gasteiger partial charge >= 0.3 is 0 Å². The molecule has 2 aromatic carbocycles. The molecular formula is C21H20FN3O2. The number of para-hydroxylation sites is 1. The van der Waals surface area contributed by atoms with Crippen molar-refractivity contribution < 1.29 is 14.0 Å². The smallest absolute Gasteiger partial charge is 0.256 e. The Bertz CT molecular complexity index is 990. The van der Waals surface area contributed by atoms with Crippen LogP contribution in [-0.4, -0.2) is 52.8 Å². The number of benzene rings is 2. The molecule has 1 fully saturated rings. The van der Waals surface area contributed by atoms with Gasteiger partial charge in [0.1, 0.15) is 5.82 Å². The van der Waals surface area contributed by atoms with E-state index in [4.69, 9.17) is 0 Å². The molecule has 1 aromatic heterocycles. The van der Waals surface area contributed by atoms with Gasteiger partial charge in [-0.1, -0.05) is 30.3 Å². The van der Waals surface area contributed by atoms with Gasteiger partial charge in [0.25, 0.3) is 5.91 Å². The van der Waals surface area contributed by atoms with Crippen LogP contribution in [0.1, 0.15) is 15.9 Å². The molecule has 2 heterocycles. The monoisotopic (exact) mass is 365 g/mol. The Balaban J connectivity index is 1.38. The number of rotatable bonds is 3. The van der Waals surface area contributed by atoms with Crippen molar-refractivity contribution >= 4 is 22.7 Å². The average Bonchev–Trinajstić information content (AvgIpc) is 3.12. The highest BCUT2D eigenvalue weighted by atomic mass is 19.1. The fourth-order valence-electron chi connectivity index (χ4n) is 3.51. The molecule has 0 bridgehead atoms. The first-order valence-corrected chi connectivity index (χ1v) is 8.99. The minimum atomic E-state index is -0.338. The highest BCUT2D eigenvalue weighted by Crippen LogP contribution is 2.20. The normalized spacial score (nSPS) is 14.6. The summed E-state index contributed by atoms with van der Waals surface area (Å²) in [6.07, 6.45) is 1.92. The lowest BCUT2D eigenvalue weighted by Gasteiger charge is -2.34. The molecule has 0 aliphatic carbocycles. The van der Waals surface area contributed by atoms with E-state index in [1.165, 1.54) is 12.1 Å². The topological polar surface area (TPSA) is 56.4 Å². The van der Waals surface area contributed by atoms with Gasteiger partial charge in [-0.3, -0.25) is 9.59 Å². The maximum atomic E-state index is 13.3. The largest absolute Gasteiger partial charge is 0.360 e. The van der Waals surface area contributed by atoms with Crippen LogP contribution in [-0.2, 0) is 11.2 Å². The third-order valence-electron chi connectivity index (χ3n) is 4.98. The van der Waals surface area contributed by atoms with Gasteiger partial charge in [-0.05, 0) is 23.8 Å². The van der Waals surface area contributed by atoms with Crippen molar-refractivity contribution in [2.24, 2.45) is 0 Å². The fraction of sp³-hybridized carbons (Fsp3) is 0.238. The summed E-state index contributed by atoms with van der Waals surface area (Å²) in [6, 6.07) is 13.8. The summed E-state index contributed by atoms with van der Waals surface area (Å²) in [7, 11) is 0. The van der Waals surface area contributed by atoms with Crippen LogP contribution in [0.4, 0.5) is 4.39 Å². The number of fused-ring (bicyclic) bond motifs is 1. The summed E-state index contributed by atoms with van der Waals surface area (Å²) in [5, 5.41) is 0.909. The third-order valence-corrected chi connectivity index (χ3v) is 4.98. The molecule has 3 aromatic rings. The molecule has 27 heavy (non-hydrogen) atoms. The Labute approximate surface area is 156 Å². The summed E-state index contributed by atoms with van der Waals surface area (Å²) in [6.45, 7) is 1.96. The molecule has 4 rings (SSSR count). The van der Waals surface area contributed by atoms with Crippen molar-refractivity contribution in [3.8, 4) is 0 Å². The van der Waals surface area contributed by atoms with Crippen molar-refractivity contribution in [3.05, 3.63) is 71.7 Å². The Morgan fingerprint density at radius 3 is 2.48 bits per heavy atom. The quantitative estimate of drug-likeness (QED) is 0.776. The van der Waals surface area contributed by atoms with E-state index in [1.54, 1.807) is 28.1 Å². The van der Waals surface area contributed by atoms with Crippen LogP contribution in [0, 0.1) is 5.82 Å². The van der Waals surface area contributed by atoms with E-state index >= 15 is 0 Å². The van der Waals surface area contributed by atoms with Gasteiger partial charge in [-0.25, -0.2) is 4.39 Å². The predicted molar refractivity (Wildman–Crippen MR) is 101 cm³/mol. The van der Waals surface area contributed by atoms with Gasteiger partial charge in [-0.2, -0.15) is 0 Å². The zero-order chi connectivity index (χ0) is 18.8. The van der Waals surface area contributed by atoms with E-state index in [2.05, 4.69) is 4.98 Å². The number of aromatic amines is 1. The first kappa shape index (κ1) is 17.3. The van der Waals surface area contributed by atoms with Crippen molar-refractivity contribution in [2.75, 3.05) is 26.2 Å². The highest BCUT2D eigenvalue weighted by molar-refractivity contribution is 6.06. The molecule has 0 spiro atoms. The maximum Gasteiger partial charge on any atom is 0.256 e. The second-order valence-electron chi connectivity index (χ2n) is 6.73. The Morgan fingerprint density at radius 1 is 0.963 bits per heavy atom. The summed E-state index contributed by atoms with van der Waals surface area (Å²) in [4.78, 5) is 31.9. The van der Waals surface area contributed by atoms with E-state index in [0.29, 0.717) is 37.3 Å². The zero-order valence-corrected chi connectivity index (χ0v) is 14.8. The van der Waals surface area contributed by atoms with E-state index in [-0.39, 0.29) is 24.1 Å². The average molecular weight is 365 g/mol. The minimum Gasteiger partial charge on any atom is -0.360 e. The molecule has 0 atom stereocenters. The van der Waals surface area contributed by atoms with Gasteiger partial charge in [0, 0.05) is 43.3 Å². The number of carbonyl (C=O) groups is 2. The molecule has 0 saturated carbocycles. The Kier molecular flexibility index (Phi) is 4.62. The van der Waals surface area contributed by atoms with Crippen LogP contribution in [0.5, 0.6) is 0 Å². The molecule has 1 aliphatic heterocycles. The zero-order valence-electron chi connectivity index (χ0n) is 14.8. The molecule has 1 N–H and O–H groups in total. The number of piperazine rings is 1. The number of amides is 2. The van der Waals surface area contributed by atoms with Crippen LogP contribution in [0.3, 0.4) is 0 Å². The number of carbonyl (C=O) groups excluding carboxylic acids is 2. The van der Waals surface area contributed by atoms with E-state index in [9.17, 15) is 14.0 Å². The van der Waals surface area contributed by atoms with Crippen LogP contribution in [0.15, 0.2) is 54.7 Å². The van der Waals surface area contributed by atoms with Crippen LogP contribution < -0.4 is 0 Å². The van der Waals surface area contributed by atoms with Gasteiger partial charge in [0.05, 0.1) is 12.0 Å². The number of H-pyrrole nitrogens is 1. The Hall–Kier alpha value is -3.15. The van der Waals surface area contributed by atoms with Crippen LogP contribution in [0.25, 0.3) is 10.9 Å². The van der Waals surface area contributed by atoms with Gasteiger partial charge in [0.2, 0.25) is 5.91 Å². The maximum absolute atomic E-state index is 13.3. The molecule has 0 unspecified atom stereocenters. The molecule has 1 aliphatic rings. The SMILES string of the molecule is O=C(Cc1cccc(F)c1)N1CCN(C(=O)c2c[nH]c3ccccc23)CC1. The number of nitrogens with one attached hydrogen (secondary N) is 1. The highest BCUT2D eigenvalue weighted by Gasteiger charge is 2.26. The number of halogens is 1. The molecule has 6 heteroatoms. The van der Waals surface area contributed by atoms with E-state index in [0.717, 1.165) is 10.9 Å². The van der Waals surface area contributed by atoms with E-state index in [1.807, 2.05) is 24.3 Å². The minimum absolute atomic E-state index is 0.0234. The lowest BCUT2D eigenvalue weighted by molar-refractivity contribution is -0.131. The van der Waals surface area contributed by atoms with Gasteiger partial charge in [-0.15, -0.1) is 0 Å². The molecule has 2 amide bonds. The first-order chi connectivity index (χ1) is 13.1. The number of hydrogen-bond acceptors (Lipinski definition) is 2. The second kappa shape index (κ2) is 7.23. The lowest BCUT2D eigenvalue weighted by Crippen LogP contribution is -2.51. The second-order valence-corrected chi connectivity index (χ2v) is 6.73. The van der Waals surface area contributed by atoms with Crippen LogP contribution >= 0.6 is 0 Å². The third kappa shape index (κ3) is 3.56. The number of nitrogens with zero attached hydrogens (tertiary/aromatic N) is 2. The summed E-state index contributed by atoms with van der Waals surface area (Å²) in [5.41, 5.74) is 2.26. The molecule has 138 valence electrons. The standard InChI is InChI=1S/C21H20FN3O2/c22-16-5-3-4-15(12-16)13-20(26)24-8-10-25(11-9-24)21(27)18-14-23-19-7-2-1-6-17(18)19/h1-7,12,14,23H,8-11,13H2.